The van der Waals surface area contributed by atoms with Crippen LogP contribution in [-0.4, -0.2) is 6.71 Å². The van der Waals surface area contributed by atoms with E-state index in [2.05, 4.69) is 227 Å². The number of aryl methyl sites for hydroxylation is 3. The molecule has 0 fully saturated rings. The highest BCUT2D eigenvalue weighted by Gasteiger charge is 2.29. The van der Waals surface area contributed by atoms with Crippen molar-refractivity contribution >= 4 is 67.0 Å². The Bertz CT molecular complexity index is 3380. The summed E-state index contributed by atoms with van der Waals surface area (Å²) in [6.07, 6.45) is 3.11. The predicted octanol–water partition coefficient (Wildman–Crippen LogP) is 14.8. The molecule has 0 amide bonds. The Hall–Kier alpha value is -7.54. The van der Waals surface area contributed by atoms with Gasteiger partial charge in [0, 0.05) is 40.5 Å². The molecule has 300 valence electrons. The Morgan fingerprint density at radius 1 is 0.508 bits per heavy atom. The van der Waals surface area contributed by atoms with Gasteiger partial charge in [0.2, 0.25) is 0 Å². The van der Waals surface area contributed by atoms with E-state index in [1.165, 1.54) is 87.9 Å². The fourth-order valence-electron chi connectivity index (χ4n) is 10.4. The Morgan fingerprint density at radius 2 is 1.14 bits per heavy atom. The molecule has 63 heavy (non-hydrogen) atoms. The lowest BCUT2D eigenvalue weighted by Gasteiger charge is -2.28. The molecule has 3 heteroatoms. The molecule has 0 bridgehead atoms. The zero-order valence-corrected chi connectivity index (χ0v) is 36.4. The zero-order valence-electron chi connectivity index (χ0n) is 36.4. The van der Waals surface area contributed by atoms with Gasteiger partial charge in [-0.25, -0.2) is 0 Å². The molecule has 0 saturated heterocycles. The minimum absolute atomic E-state index is 0.0349. The molecule has 0 atom stereocenters. The highest BCUT2D eigenvalue weighted by atomic mass is 16.5. The number of hydrogen-bond donors (Lipinski definition) is 0. The van der Waals surface area contributed by atoms with E-state index in [9.17, 15) is 0 Å². The molecule has 0 aromatic heterocycles. The maximum absolute atomic E-state index is 6.89. The van der Waals surface area contributed by atoms with Gasteiger partial charge in [-0.05, 0) is 144 Å². The fraction of sp³-hybridized carbons (Fsp3) is 0.100. The summed E-state index contributed by atoms with van der Waals surface area (Å²) in [7, 11) is 0. The van der Waals surface area contributed by atoms with Crippen molar-refractivity contribution < 1.29 is 4.74 Å². The quantitative estimate of drug-likeness (QED) is 0.0903. The molecule has 2 aliphatic rings. The Kier molecular flexibility index (Phi) is 9.40. The highest BCUT2D eigenvalue weighted by molar-refractivity contribution is 6.92. The van der Waals surface area contributed by atoms with Crippen LogP contribution in [0.4, 0.5) is 17.1 Å². The Balaban J connectivity index is 1.05. The summed E-state index contributed by atoms with van der Waals surface area (Å²) in [6.45, 7) is 11.2. The van der Waals surface area contributed by atoms with Gasteiger partial charge < -0.3 is 9.64 Å². The van der Waals surface area contributed by atoms with Crippen molar-refractivity contribution in [3.05, 3.63) is 209 Å². The number of allylic oxidation sites excluding steroid dienone is 4. The second-order valence-corrected chi connectivity index (χ2v) is 17.4. The average Bonchev–Trinajstić information content (AvgIpc) is 3.47. The van der Waals surface area contributed by atoms with Crippen molar-refractivity contribution in [3.63, 3.8) is 0 Å². The smallest absolute Gasteiger partial charge is 0.252 e. The zero-order chi connectivity index (χ0) is 42.8. The highest BCUT2D eigenvalue weighted by Crippen LogP contribution is 2.52. The first-order valence-corrected chi connectivity index (χ1v) is 22.0. The van der Waals surface area contributed by atoms with Gasteiger partial charge >= 0.3 is 0 Å². The lowest BCUT2D eigenvalue weighted by atomic mass is 9.34. The predicted molar refractivity (Wildman–Crippen MR) is 269 cm³/mol. The van der Waals surface area contributed by atoms with E-state index in [4.69, 9.17) is 4.74 Å². The van der Waals surface area contributed by atoms with Crippen molar-refractivity contribution in [2.24, 2.45) is 0 Å². The number of benzene rings is 9. The Morgan fingerprint density at radius 3 is 1.86 bits per heavy atom. The summed E-state index contributed by atoms with van der Waals surface area (Å²) in [5.74, 6) is 8.87. The van der Waals surface area contributed by atoms with Gasteiger partial charge in [0.15, 0.2) is 0 Å². The molecular weight excluding hydrogens is 761 g/mol. The van der Waals surface area contributed by atoms with Crippen LogP contribution in [0.1, 0.15) is 37.0 Å². The van der Waals surface area contributed by atoms with Crippen LogP contribution in [0, 0.1) is 32.6 Å². The van der Waals surface area contributed by atoms with Crippen LogP contribution in [0.15, 0.2) is 193 Å². The Labute approximate surface area is 370 Å². The normalized spacial score (nSPS) is 12.9. The number of fused-ring (bicyclic) bond motifs is 6. The first kappa shape index (κ1) is 38.4. The lowest BCUT2D eigenvalue weighted by Crippen LogP contribution is -2.47. The second kappa shape index (κ2) is 15.4. The molecule has 0 radical (unpaired) electrons. The third kappa shape index (κ3) is 6.62. The number of rotatable bonds is 7. The summed E-state index contributed by atoms with van der Waals surface area (Å²) >= 11 is 0. The summed E-state index contributed by atoms with van der Waals surface area (Å²) < 4.78 is 6.89. The number of nitrogens with zero attached hydrogens (tertiary/aromatic N) is 1. The molecule has 0 saturated carbocycles. The third-order valence-electron chi connectivity index (χ3n) is 13.1. The molecule has 1 aliphatic carbocycles. The fourth-order valence-corrected chi connectivity index (χ4v) is 10.4. The standard InChI is InChI=1S/C60H46BNO/c1-38-16-14-24-56(40(3)32-38)61(60-41(4)33-39(2)34-42(60)5)44-28-26-43(27-29-44)52-36-54-51-23-15-25-57-59(51)55(37-53(54)49-22-13-12-21-48(49)52)50-31-30-47(35-58(50)63-57)62(45-17-8-6-9-18-45)46-19-10-7-11-20-46/h6-13,15,17-23,25-37H,16H2,1-5H3. The average molecular weight is 808 g/mol. The van der Waals surface area contributed by atoms with Crippen LogP contribution >= 0.6 is 0 Å². The minimum Gasteiger partial charge on any atom is -0.456 e. The van der Waals surface area contributed by atoms with Crippen molar-refractivity contribution in [3.8, 4) is 45.6 Å². The second-order valence-electron chi connectivity index (χ2n) is 17.4. The van der Waals surface area contributed by atoms with Crippen molar-refractivity contribution in [1.82, 2.24) is 0 Å². The van der Waals surface area contributed by atoms with Gasteiger partial charge in [-0.15, -0.1) is 0 Å². The number of anilines is 3. The van der Waals surface area contributed by atoms with Gasteiger partial charge in [0.25, 0.3) is 6.71 Å². The van der Waals surface area contributed by atoms with Crippen LogP contribution in [0.25, 0.3) is 54.6 Å². The summed E-state index contributed by atoms with van der Waals surface area (Å²) in [6, 6.07) is 61.9. The van der Waals surface area contributed by atoms with E-state index >= 15 is 0 Å². The van der Waals surface area contributed by atoms with Gasteiger partial charge in [-0.1, -0.05) is 160 Å². The summed E-state index contributed by atoms with van der Waals surface area (Å²) in [5.41, 5.74) is 18.2. The summed E-state index contributed by atoms with van der Waals surface area (Å²) in [5, 5.41) is 7.27. The molecular formula is C60H46BNO. The van der Waals surface area contributed by atoms with Crippen LogP contribution in [0.3, 0.4) is 0 Å². The maximum atomic E-state index is 6.89. The molecule has 9 aromatic carbocycles. The lowest BCUT2D eigenvalue weighted by molar-refractivity contribution is 0.487. The van der Waals surface area contributed by atoms with E-state index in [0.29, 0.717) is 0 Å². The van der Waals surface area contributed by atoms with Crippen molar-refractivity contribution in [2.45, 2.75) is 41.0 Å². The van der Waals surface area contributed by atoms with Crippen LogP contribution in [-0.2, 0) is 0 Å². The molecule has 2 nitrogen and oxygen atoms in total. The minimum atomic E-state index is 0.0349. The van der Waals surface area contributed by atoms with Gasteiger partial charge in [0.05, 0.1) is 0 Å². The van der Waals surface area contributed by atoms with Crippen molar-refractivity contribution in [2.75, 3.05) is 4.90 Å². The molecule has 1 aliphatic heterocycles. The number of ether oxygens (including phenoxy) is 1. The molecule has 0 spiro atoms. The maximum Gasteiger partial charge on any atom is 0.252 e. The third-order valence-corrected chi connectivity index (χ3v) is 13.1. The molecule has 9 aromatic rings. The SMILES string of the molecule is CC1=CC(C)=C(B(c2ccc(-c3cc4c5cccc6c5c(cc4c4ccccc34)-c3ccc(N(c4ccccc4)c4ccccc4)cc3O6)cc2)c2c(C)cc(C)cc2C)C#CC1. The van der Waals surface area contributed by atoms with Crippen LogP contribution in [0.2, 0.25) is 0 Å². The molecule has 11 rings (SSSR count). The first-order chi connectivity index (χ1) is 30.8. The number of para-hydroxylation sites is 2. The summed E-state index contributed by atoms with van der Waals surface area (Å²) in [4.78, 5) is 2.29. The van der Waals surface area contributed by atoms with E-state index in [0.717, 1.165) is 45.9 Å². The molecule has 1 heterocycles. The largest absolute Gasteiger partial charge is 0.456 e. The molecule has 0 unspecified atom stereocenters. The monoisotopic (exact) mass is 807 g/mol. The number of hydrogen-bond acceptors (Lipinski definition) is 2. The van der Waals surface area contributed by atoms with Gasteiger partial charge in [-0.3, -0.25) is 0 Å². The van der Waals surface area contributed by atoms with Crippen LogP contribution < -0.4 is 20.6 Å². The van der Waals surface area contributed by atoms with E-state index in [1.54, 1.807) is 0 Å². The van der Waals surface area contributed by atoms with Gasteiger partial charge in [0.1, 0.15) is 11.5 Å². The first-order valence-electron chi connectivity index (χ1n) is 22.0. The van der Waals surface area contributed by atoms with Crippen molar-refractivity contribution in [1.29, 1.82) is 0 Å². The van der Waals surface area contributed by atoms with Crippen LogP contribution in [0.5, 0.6) is 11.5 Å². The van der Waals surface area contributed by atoms with E-state index in [-0.39, 0.29) is 6.71 Å². The molecule has 0 N–H and O–H groups in total. The van der Waals surface area contributed by atoms with E-state index in [1.807, 2.05) is 0 Å². The van der Waals surface area contributed by atoms with Gasteiger partial charge in [-0.2, -0.15) is 0 Å². The topological polar surface area (TPSA) is 12.5 Å². The van der Waals surface area contributed by atoms with E-state index < -0.39 is 0 Å².